The number of likely N-dealkylation sites (N-methyl/N-ethyl adjacent to an activating group) is 1. The molecule has 17 heavy (non-hydrogen) atoms. The Bertz CT molecular complexity index is 278. The molecule has 0 radical (unpaired) electrons. The van der Waals surface area contributed by atoms with Gasteiger partial charge in [0.05, 0.1) is 0 Å². The van der Waals surface area contributed by atoms with Crippen molar-refractivity contribution in [1.82, 2.24) is 4.90 Å². The zero-order valence-electron chi connectivity index (χ0n) is 10.9. The van der Waals surface area contributed by atoms with Crippen molar-refractivity contribution in [2.75, 3.05) is 20.1 Å². The Kier molecular flexibility index (Phi) is 7.21. The average Bonchev–Trinajstić information content (AvgIpc) is 2.16. The molecule has 0 amide bonds. The number of hydrogen-bond donors (Lipinski definition) is 0. The first-order valence-electron chi connectivity index (χ1n) is 5.51. The molecule has 0 aromatic rings. The van der Waals surface area contributed by atoms with Crippen LogP contribution in [0.1, 0.15) is 20.8 Å². The highest BCUT2D eigenvalue weighted by Gasteiger charge is 2.14. The maximum absolute atomic E-state index is 11.2. The van der Waals surface area contributed by atoms with Crippen LogP contribution in [0.25, 0.3) is 0 Å². The maximum Gasteiger partial charge on any atom is 0.333 e. The zero-order chi connectivity index (χ0) is 13.4. The summed E-state index contributed by atoms with van der Waals surface area (Å²) in [5, 5.41) is 0. The summed E-state index contributed by atoms with van der Waals surface area (Å²) in [5.41, 5.74) is 0.386. The van der Waals surface area contributed by atoms with E-state index in [-0.39, 0.29) is 18.2 Å². The van der Waals surface area contributed by atoms with Crippen LogP contribution in [0.15, 0.2) is 12.2 Å². The summed E-state index contributed by atoms with van der Waals surface area (Å²) in [4.78, 5) is 23.3. The lowest BCUT2D eigenvalue weighted by Gasteiger charge is -2.23. The SMILES string of the molecule is C=C(C)C(=O)OC(C)CN(C)CC(C)OC=O. The lowest BCUT2D eigenvalue weighted by Crippen LogP contribution is -2.35. The third-order valence-corrected chi connectivity index (χ3v) is 2.08. The summed E-state index contributed by atoms with van der Waals surface area (Å²) >= 11 is 0. The molecule has 0 N–H and O–H groups in total. The zero-order valence-corrected chi connectivity index (χ0v) is 10.9. The first kappa shape index (κ1) is 15.6. The first-order chi connectivity index (χ1) is 7.86. The van der Waals surface area contributed by atoms with Gasteiger partial charge in [0.25, 0.3) is 6.47 Å². The molecule has 0 rings (SSSR count). The molecule has 5 heteroatoms. The topological polar surface area (TPSA) is 55.8 Å². The Balaban J connectivity index is 3.94. The van der Waals surface area contributed by atoms with Gasteiger partial charge in [-0.1, -0.05) is 6.58 Å². The van der Waals surface area contributed by atoms with Gasteiger partial charge in [0.2, 0.25) is 0 Å². The van der Waals surface area contributed by atoms with E-state index in [0.717, 1.165) is 0 Å². The summed E-state index contributed by atoms with van der Waals surface area (Å²) in [6, 6.07) is 0. The molecule has 0 saturated carbocycles. The second-order valence-electron chi connectivity index (χ2n) is 4.26. The number of carbonyl (C=O) groups is 2. The number of hydrogen-bond acceptors (Lipinski definition) is 5. The lowest BCUT2D eigenvalue weighted by atomic mass is 10.3. The normalized spacial score (nSPS) is 13.9. The van der Waals surface area contributed by atoms with E-state index in [1.165, 1.54) is 0 Å². The van der Waals surface area contributed by atoms with E-state index < -0.39 is 0 Å². The standard InChI is InChI=1S/C12H21NO4/c1-9(2)12(15)17-11(4)7-13(5)6-10(3)16-8-14/h8,10-11H,1,6-7H2,2-5H3. The van der Waals surface area contributed by atoms with Gasteiger partial charge in [-0.3, -0.25) is 9.69 Å². The minimum Gasteiger partial charge on any atom is -0.464 e. The van der Waals surface area contributed by atoms with Crippen LogP contribution >= 0.6 is 0 Å². The fourth-order valence-corrected chi connectivity index (χ4v) is 1.41. The molecule has 98 valence electrons. The Labute approximate surface area is 102 Å². The van der Waals surface area contributed by atoms with E-state index in [1.807, 2.05) is 18.9 Å². The highest BCUT2D eigenvalue weighted by molar-refractivity contribution is 5.87. The summed E-state index contributed by atoms with van der Waals surface area (Å²) in [7, 11) is 1.87. The van der Waals surface area contributed by atoms with Crippen molar-refractivity contribution in [3.05, 3.63) is 12.2 Å². The maximum atomic E-state index is 11.2. The molecule has 0 aliphatic heterocycles. The molecule has 2 atom stereocenters. The average molecular weight is 243 g/mol. The van der Waals surface area contributed by atoms with Crippen LogP contribution in [0.2, 0.25) is 0 Å². The van der Waals surface area contributed by atoms with Crippen LogP contribution in [0, 0.1) is 0 Å². The van der Waals surface area contributed by atoms with Gasteiger partial charge in [-0.2, -0.15) is 0 Å². The molecular formula is C12H21NO4. The van der Waals surface area contributed by atoms with Crippen LogP contribution in [0.5, 0.6) is 0 Å². The van der Waals surface area contributed by atoms with Crippen LogP contribution in [0.4, 0.5) is 0 Å². The van der Waals surface area contributed by atoms with Crippen molar-refractivity contribution < 1.29 is 19.1 Å². The minimum atomic E-state index is -0.386. The molecule has 5 nitrogen and oxygen atoms in total. The Morgan fingerprint density at radius 3 is 2.35 bits per heavy atom. The van der Waals surface area contributed by atoms with Gasteiger partial charge in [-0.05, 0) is 27.8 Å². The number of esters is 1. The predicted octanol–water partition coefficient (Wildman–Crippen LogP) is 0.987. The monoisotopic (exact) mass is 243 g/mol. The fraction of sp³-hybridized carbons (Fsp3) is 0.667. The number of nitrogens with zero attached hydrogens (tertiary/aromatic N) is 1. The van der Waals surface area contributed by atoms with E-state index in [4.69, 9.17) is 9.47 Å². The van der Waals surface area contributed by atoms with Gasteiger partial charge in [0.1, 0.15) is 12.2 Å². The molecule has 0 heterocycles. The van der Waals surface area contributed by atoms with Crippen molar-refractivity contribution >= 4 is 12.4 Å². The van der Waals surface area contributed by atoms with E-state index in [9.17, 15) is 9.59 Å². The minimum absolute atomic E-state index is 0.179. The highest BCUT2D eigenvalue weighted by Crippen LogP contribution is 2.01. The summed E-state index contributed by atoms with van der Waals surface area (Å²) in [5.74, 6) is -0.386. The van der Waals surface area contributed by atoms with Gasteiger partial charge in [0, 0.05) is 18.7 Å². The van der Waals surface area contributed by atoms with Gasteiger partial charge >= 0.3 is 5.97 Å². The molecule has 0 saturated heterocycles. The molecule has 0 bridgehead atoms. The molecular weight excluding hydrogens is 222 g/mol. The fourth-order valence-electron chi connectivity index (χ4n) is 1.41. The van der Waals surface area contributed by atoms with E-state index in [1.54, 1.807) is 13.8 Å². The van der Waals surface area contributed by atoms with Crippen molar-refractivity contribution in [2.24, 2.45) is 0 Å². The van der Waals surface area contributed by atoms with Crippen LogP contribution < -0.4 is 0 Å². The lowest BCUT2D eigenvalue weighted by molar-refractivity contribution is -0.144. The molecule has 0 aliphatic carbocycles. The third kappa shape index (κ3) is 7.52. The number of rotatable bonds is 8. The van der Waals surface area contributed by atoms with E-state index in [2.05, 4.69) is 6.58 Å². The molecule has 0 fully saturated rings. The second-order valence-corrected chi connectivity index (χ2v) is 4.26. The van der Waals surface area contributed by atoms with E-state index in [0.29, 0.717) is 25.1 Å². The summed E-state index contributed by atoms with van der Waals surface area (Å²) in [6.45, 7) is 10.3. The van der Waals surface area contributed by atoms with Crippen molar-refractivity contribution in [3.63, 3.8) is 0 Å². The van der Waals surface area contributed by atoms with Gasteiger partial charge in [-0.15, -0.1) is 0 Å². The molecule has 0 aromatic heterocycles. The molecule has 0 aliphatic rings. The smallest absolute Gasteiger partial charge is 0.333 e. The van der Waals surface area contributed by atoms with Crippen molar-refractivity contribution in [2.45, 2.75) is 33.0 Å². The molecule has 0 spiro atoms. The van der Waals surface area contributed by atoms with Crippen LogP contribution in [-0.4, -0.2) is 49.7 Å². The summed E-state index contributed by atoms with van der Waals surface area (Å²) in [6.07, 6.45) is -0.408. The van der Waals surface area contributed by atoms with Gasteiger partial charge in [-0.25, -0.2) is 4.79 Å². The van der Waals surface area contributed by atoms with Crippen molar-refractivity contribution in [3.8, 4) is 0 Å². The highest BCUT2D eigenvalue weighted by atomic mass is 16.5. The Morgan fingerprint density at radius 2 is 1.88 bits per heavy atom. The summed E-state index contributed by atoms with van der Waals surface area (Å²) < 4.78 is 9.90. The number of carbonyl (C=O) groups excluding carboxylic acids is 2. The van der Waals surface area contributed by atoms with Crippen molar-refractivity contribution in [1.29, 1.82) is 0 Å². The first-order valence-corrected chi connectivity index (χ1v) is 5.51. The van der Waals surface area contributed by atoms with Gasteiger partial charge < -0.3 is 9.47 Å². The van der Waals surface area contributed by atoms with E-state index >= 15 is 0 Å². The molecule has 0 aromatic carbocycles. The molecule has 2 unspecified atom stereocenters. The van der Waals surface area contributed by atoms with Crippen LogP contribution in [0.3, 0.4) is 0 Å². The third-order valence-electron chi connectivity index (χ3n) is 2.08. The number of ether oxygens (including phenoxy) is 2. The predicted molar refractivity (Wildman–Crippen MR) is 64.5 cm³/mol. The van der Waals surface area contributed by atoms with Gasteiger partial charge in [0.15, 0.2) is 0 Å². The van der Waals surface area contributed by atoms with Crippen LogP contribution in [-0.2, 0) is 19.1 Å². The largest absolute Gasteiger partial charge is 0.464 e. The quantitative estimate of drug-likeness (QED) is 0.361. The Hall–Kier alpha value is -1.36. The Morgan fingerprint density at radius 1 is 1.35 bits per heavy atom. The second kappa shape index (κ2) is 7.84.